The van der Waals surface area contributed by atoms with E-state index in [1.54, 1.807) is 18.2 Å². The highest BCUT2D eigenvalue weighted by Gasteiger charge is 2.27. The van der Waals surface area contributed by atoms with Crippen LogP contribution in [-0.4, -0.2) is 33.4 Å². The summed E-state index contributed by atoms with van der Waals surface area (Å²) in [6, 6.07) is 13.3. The average molecular weight is 431 g/mol. The van der Waals surface area contributed by atoms with Crippen molar-refractivity contribution < 1.29 is 4.79 Å². The van der Waals surface area contributed by atoms with E-state index in [0.717, 1.165) is 49.3 Å². The highest BCUT2D eigenvalue weighted by Crippen LogP contribution is 2.27. The van der Waals surface area contributed by atoms with Crippen LogP contribution >= 0.6 is 23.2 Å². The predicted octanol–water partition coefficient (Wildman–Crippen LogP) is 5.21. The van der Waals surface area contributed by atoms with E-state index in [0.29, 0.717) is 22.3 Å². The monoisotopic (exact) mass is 430 g/mol. The van der Waals surface area contributed by atoms with Gasteiger partial charge in [-0.05, 0) is 56.6 Å². The Kier molecular flexibility index (Phi) is 6.09. The lowest BCUT2D eigenvalue weighted by atomic mass is 9.97. The van der Waals surface area contributed by atoms with Crippen molar-refractivity contribution in [3.63, 3.8) is 0 Å². The molecule has 152 valence electrons. The molecule has 1 amide bonds. The third-order valence-electron chi connectivity index (χ3n) is 5.48. The van der Waals surface area contributed by atoms with Crippen LogP contribution in [0.25, 0.3) is 11.0 Å². The molecule has 2 heterocycles. The van der Waals surface area contributed by atoms with Crippen molar-refractivity contribution in [1.29, 1.82) is 0 Å². The van der Waals surface area contributed by atoms with Gasteiger partial charge in [0.05, 0.1) is 34.2 Å². The van der Waals surface area contributed by atoms with Crippen molar-refractivity contribution in [2.75, 3.05) is 18.4 Å². The van der Waals surface area contributed by atoms with Crippen molar-refractivity contribution in [3.05, 3.63) is 58.3 Å². The number of carbonyl (C=O) groups excluding carboxylic acids is 1. The molecule has 2 aromatic carbocycles. The number of nitrogens with zero attached hydrogens (tertiary/aromatic N) is 3. The number of carbonyl (C=O) groups is 1. The van der Waals surface area contributed by atoms with Gasteiger partial charge in [0.25, 0.3) is 0 Å². The third-order valence-corrected chi connectivity index (χ3v) is 6.04. The van der Waals surface area contributed by atoms with E-state index in [1.807, 2.05) is 18.2 Å². The first-order valence-corrected chi connectivity index (χ1v) is 10.7. The normalized spacial score (nSPS) is 17.6. The molecule has 29 heavy (non-hydrogen) atoms. The highest BCUT2D eigenvalue weighted by molar-refractivity contribution is 6.35. The van der Waals surface area contributed by atoms with Gasteiger partial charge in [0.2, 0.25) is 5.91 Å². The van der Waals surface area contributed by atoms with E-state index in [-0.39, 0.29) is 11.8 Å². The fourth-order valence-electron chi connectivity index (χ4n) is 4.04. The summed E-state index contributed by atoms with van der Waals surface area (Å²) in [5.74, 6) is 0.953. The van der Waals surface area contributed by atoms with Crippen LogP contribution in [0.4, 0.5) is 5.69 Å². The van der Waals surface area contributed by atoms with Crippen molar-refractivity contribution in [3.8, 4) is 0 Å². The fraction of sp³-hybridized carbons (Fsp3) is 0.364. The Bertz CT molecular complexity index is 1030. The van der Waals surface area contributed by atoms with Gasteiger partial charge in [-0.3, -0.25) is 9.69 Å². The number of imidazole rings is 1. The van der Waals surface area contributed by atoms with Crippen molar-refractivity contribution in [1.82, 2.24) is 14.5 Å². The van der Waals surface area contributed by atoms with Gasteiger partial charge in [-0.1, -0.05) is 35.3 Å². The fourth-order valence-corrected chi connectivity index (χ4v) is 4.38. The molecule has 1 fully saturated rings. The molecule has 0 radical (unpaired) electrons. The van der Waals surface area contributed by atoms with Gasteiger partial charge in [-0.15, -0.1) is 0 Å². The van der Waals surface area contributed by atoms with Gasteiger partial charge in [-0.2, -0.15) is 0 Å². The molecule has 1 saturated heterocycles. The molecule has 0 bridgehead atoms. The van der Waals surface area contributed by atoms with Gasteiger partial charge in [0.1, 0.15) is 5.82 Å². The van der Waals surface area contributed by atoms with Crippen LogP contribution in [0.3, 0.4) is 0 Å². The topological polar surface area (TPSA) is 50.2 Å². The van der Waals surface area contributed by atoms with Gasteiger partial charge >= 0.3 is 0 Å². The molecule has 0 aliphatic carbocycles. The predicted molar refractivity (Wildman–Crippen MR) is 118 cm³/mol. The Morgan fingerprint density at radius 1 is 1.24 bits per heavy atom. The van der Waals surface area contributed by atoms with E-state index < -0.39 is 0 Å². The molecule has 3 aromatic rings. The molecule has 0 spiro atoms. The van der Waals surface area contributed by atoms with Crippen LogP contribution in [-0.2, 0) is 17.9 Å². The molecule has 1 aromatic heterocycles. The lowest BCUT2D eigenvalue weighted by molar-refractivity contribution is -0.121. The summed E-state index contributed by atoms with van der Waals surface area (Å²) < 4.78 is 2.25. The van der Waals surface area contributed by atoms with E-state index in [4.69, 9.17) is 28.2 Å². The summed E-state index contributed by atoms with van der Waals surface area (Å²) in [6.45, 7) is 5.43. The number of nitrogens with one attached hydrogen (secondary N) is 1. The van der Waals surface area contributed by atoms with E-state index >= 15 is 0 Å². The number of para-hydroxylation sites is 2. The molecule has 1 N–H and O–H groups in total. The summed E-state index contributed by atoms with van der Waals surface area (Å²) in [7, 11) is 0. The van der Waals surface area contributed by atoms with E-state index in [2.05, 4.69) is 27.8 Å². The Morgan fingerprint density at radius 2 is 2.07 bits per heavy atom. The quantitative estimate of drug-likeness (QED) is 0.603. The van der Waals surface area contributed by atoms with Crippen molar-refractivity contribution in [2.45, 2.75) is 32.9 Å². The summed E-state index contributed by atoms with van der Waals surface area (Å²) in [5, 5.41) is 3.99. The Morgan fingerprint density at radius 3 is 2.90 bits per heavy atom. The molecular formula is C22H24Cl2N4O. The number of piperidine rings is 1. The number of hydrogen-bond acceptors (Lipinski definition) is 3. The maximum Gasteiger partial charge on any atom is 0.228 e. The largest absolute Gasteiger partial charge is 0.327 e. The van der Waals surface area contributed by atoms with E-state index in [9.17, 15) is 4.79 Å². The van der Waals surface area contributed by atoms with Crippen LogP contribution in [0, 0.1) is 5.92 Å². The Hall–Kier alpha value is -2.08. The second-order valence-electron chi connectivity index (χ2n) is 7.45. The number of amides is 1. The first-order chi connectivity index (χ1) is 14.0. The van der Waals surface area contributed by atoms with Gasteiger partial charge < -0.3 is 9.88 Å². The maximum absolute atomic E-state index is 12.8. The average Bonchev–Trinajstić information content (AvgIpc) is 3.07. The maximum atomic E-state index is 12.8. The van der Waals surface area contributed by atoms with Gasteiger partial charge in [0.15, 0.2) is 0 Å². The molecule has 5 nitrogen and oxygen atoms in total. The standard InChI is InChI=1S/C22H24Cl2N4O/c1-2-28-20-8-4-3-7-18(20)25-21(28)14-27-11-5-6-15(13-27)22(29)26-19-12-16(23)9-10-17(19)24/h3-4,7-10,12,15H,2,5-6,11,13-14H2,1H3,(H,26,29)/t15-/m1/s1. The minimum Gasteiger partial charge on any atom is -0.327 e. The first kappa shape index (κ1) is 20.2. The second-order valence-corrected chi connectivity index (χ2v) is 8.29. The van der Waals surface area contributed by atoms with Crippen molar-refractivity contribution >= 4 is 45.8 Å². The third kappa shape index (κ3) is 4.42. The number of anilines is 1. The summed E-state index contributed by atoms with van der Waals surface area (Å²) in [4.78, 5) is 20.0. The molecule has 1 atom stereocenters. The number of rotatable bonds is 5. The molecular weight excluding hydrogens is 407 g/mol. The molecule has 7 heteroatoms. The minimum absolute atomic E-state index is 0.0112. The van der Waals surface area contributed by atoms with Crippen LogP contribution in [0.1, 0.15) is 25.6 Å². The van der Waals surface area contributed by atoms with Gasteiger partial charge in [0, 0.05) is 18.1 Å². The number of likely N-dealkylation sites (tertiary alicyclic amines) is 1. The minimum atomic E-state index is -0.0850. The zero-order chi connectivity index (χ0) is 20.4. The van der Waals surface area contributed by atoms with Crippen LogP contribution < -0.4 is 5.32 Å². The number of halogens is 2. The van der Waals surface area contributed by atoms with Crippen LogP contribution in [0.15, 0.2) is 42.5 Å². The Balaban J connectivity index is 1.46. The molecule has 1 aliphatic rings. The molecule has 4 rings (SSSR count). The second kappa shape index (κ2) is 8.74. The van der Waals surface area contributed by atoms with Crippen molar-refractivity contribution in [2.24, 2.45) is 5.92 Å². The number of aryl methyl sites for hydroxylation is 1. The van der Waals surface area contributed by atoms with Gasteiger partial charge in [-0.25, -0.2) is 4.98 Å². The number of benzene rings is 2. The lowest BCUT2D eigenvalue weighted by Crippen LogP contribution is -2.40. The zero-order valence-corrected chi connectivity index (χ0v) is 17.9. The molecule has 0 saturated carbocycles. The zero-order valence-electron chi connectivity index (χ0n) is 16.4. The molecule has 0 unspecified atom stereocenters. The summed E-state index contributed by atoms with van der Waals surface area (Å²) in [6.07, 6.45) is 1.85. The molecule has 1 aliphatic heterocycles. The lowest BCUT2D eigenvalue weighted by Gasteiger charge is -2.31. The highest BCUT2D eigenvalue weighted by atomic mass is 35.5. The first-order valence-electron chi connectivity index (χ1n) is 9.97. The summed E-state index contributed by atoms with van der Waals surface area (Å²) in [5.41, 5.74) is 2.74. The van der Waals surface area contributed by atoms with Crippen LogP contribution in [0.5, 0.6) is 0 Å². The number of aromatic nitrogens is 2. The number of hydrogen-bond donors (Lipinski definition) is 1. The Labute approximate surface area is 180 Å². The SMILES string of the molecule is CCn1c(CN2CCC[C@@H](C(=O)Nc3cc(Cl)ccc3Cl)C2)nc2ccccc21. The van der Waals surface area contributed by atoms with Crippen LogP contribution in [0.2, 0.25) is 10.0 Å². The smallest absolute Gasteiger partial charge is 0.228 e. The number of fused-ring (bicyclic) bond motifs is 1. The summed E-state index contributed by atoms with van der Waals surface area (Å²) >= 11 is 12.2. The van der Waals surface area contributed by atoms with E-state index in [1.165, 1.54) is 0 Å².